The Labute approximate surface area is 145 Å². The molecule has 2 rings (SSSR count). The summed E-state index contributed by atoms with van der Waals surface area (Å²) in [5.41, 5.74) is 0.963. The van der Waals surface area contributed by atoms with E-state index >= 15 is 0 Å². The molecule has 0 saturated carbocycles. The van der Waals surface area contributed by atoms with E-state index in [-0.39, 0.29) is 18.9 Å². The Kier molecular flexibility index (Phi) is 5.46. The number of fused-ring (bicyclic) bond motifs is 1. The van der Waals surface area contributed by atoms with Gasteiger partial charge in [0.15, 0.2) is 0 Å². The van der Waals surface area contributed by atoms with Gasteiger partial charge in [0, 0.05) is 23.5 Å². The number of aromatic nitrogens is 1. The molecule has 0 spiro atoms. The quantitative estimate of drug-likeness (QED) is 0.588. The molecule has 0 aliphatic rings. The summed E-state index contributed by atoms with van der Waals surface area (Å²) in [7, 11) is 0. The van der Waals surface area contributed by atoms with Gasteiger partial charge in [0.05, 0.1) is 0 Å². The van der Waals surface area contributed by atoms with E-state index in [1.165, 1.54) is 0 Å². The summed E-state index contributed by atoms with van der Waals surface area (Å²) < 4.78 is 7.08. The maximum Gasteiger partial charge on any atom is 0.326 e. The molecule has 0 bridgehead atoms. The molecular weight excluding hydrogens is 324 g/mol. The van der Waals surface area contributed by atoms with Gasteiger partial charge in [0.25, 0.3) is 0 Å². The number of carboxylic acid groups (broad SMARTS) is 1. The van der Waals surface area contributed by atoms with Crippen LogP contribution in [0.2, 0.25) is 0 Å². The minimum absolute atomic E-state index is 0.0244. The summed E-state index contributed by atoms with van der Waals surface area (Å²) in [5.74, 6) is -1.49. The van der Waals surface area contributed by atoms with Crippen LogP contribution in [0.25, 0.3) is 10.9 Å². The lowest BCUT2D eigenvalue weighted by Crippen LogP contribution is -2.37. The molecule has 1 heterocycles. The smallest absolute Gasteiger partial charge is 0.326 e. The molecule has 1 aromatic carbocycles. The van der Waals surface area contributed by atoms with Crippen molar-refractivity contribution in [3.8, 4) is 0 Å². The van der Waals surface area contributed by atoms with Crippen LogP contribution in [-0.2, 0) is 32.1 Å². The van der Waals surface area contributed by atoms with E-state index in [1.54, 1.807) is 31.5 Å². The number of benzene rings is 1. The topological polar surface area (TPSA) is 97.6 Å². The summed E-state index contributed by atoms with van der Waals surface area (Å²) in [6, 6.07) is 6.36. The predicted molar refractivity (Wildman–Crippen MR) is 92.1 cm³/mol. The van der Waals surface area contributed by atoms with Crippen LogP contribution in [0, 0.1) is 0 Å². The first-order chi connectivity index (χ1) is 11.7. The monoisotopic (exact) mass is 346 g/mol. The van der Waals surface area contributed by atoms with Gasteiger partial charge in [-0.1, -0.05) is 18.2 Å². The van der Waals surface area contributed by atoms with E-state index in [0.29, 0.717) is 6.41 Å². The average molecular weight is 346 g/mol. The lowest BCUT2D eigenvalue weighted by Gasteiger charge is -2.19. The first kappa shape index (κ1) is 18.5. The number of aliphatic carboxylic acids is 1. The molecule has 0 saturated heterocycles. The van der Waals surface area contributed by atoms with Gasteiger partial charge in [0.1, 0.15) is 18.2 Å². The number of ether oxygens (including phenoxy) is 1. The Hall–Kier alpha value is -2.83. The first-order valence-electron chi connectivity index (χ1n) is 7.92. The number of nitrogens with zero attached hydrogens (tertiary/aromatic N) is 1. The Bertz CT molecular complexity index is 788. The third-order valence-electron chi connectivity index (χ3n) is 3.58. The SMILES string of the molecule is CC(C)(C)OC(=O)Cn1cc(CC(NC=O)C(=O)O)c2ccccc21. The fourth-order valence-corrected chi connectivity index (χ4v) is 2.65. The van der Waals surface area contributed by atoms with E-state index in [1.807, 2.05) is 24.3 Å². The second-order valence-corrected chi connectivity index (χ2v) is 6.77. The average Bonchev–Trinajstić information content (AvgIpc) is 2.83. The maximum absolute atomic E-state index is 12.1. The van der Waals surface area contributed by atoms with Crippen molar-refractivity contribution in [2.45, 2.75) is 45.4 Å². The molecule has 1 amide bonds. The Morgan fingerprint density at radius 1 is 1.32 bits per heavy atom. The lowest BCUT2D eigenvalue weighted by atomic mass is 10.1. The minimum Gasteiger partial charge on any atom is -0.480 e. The summed E-state index contributed by atoms with van der Waals surface area (Å²) in [6.07, 6.45) is 2.23. The van der Waals surface area contributed by atoms with Crippen molar-refractivity contribution in [1.29, 1.82) is 0 Å². The number of carboxylic acids is 1. The lowest BCUT2D eigenvalue weighted by molar-refractivity contribution is -0.155. The highest BCUT2D eigenvalue weighted by Gasteiger charge is 2.21. The Morgan fingerprint density at radius 3 is 2.60 bits per heavy atom. The molecule has 2 N–H and O–H groups in total. The van der Waals surface area contributed by atoms with Crippen molar-refractivity contribution >= 4 is 29.3 Å². The van der Waals surface area contributed by atoms with Gasteiger partial charge in [-0.3, -0.25) is 9.59 Å². The normalized spacial score (nSPS) is 12.6. The molecule has 7 nitrogen and oxygen atoms in total. The van der Waals surface area contributed by atoms with Crippen molar-refractivity contribution in [1.82, 2.24) is 9.88 Å². The standard InChI is InChI=1S/C18H22N2O5/c1-18(2,3)25-16(22)10-20-9-12(8-14(17(23)24)19-11-21)13-6-4-5-7-15(13)20/h4-7,9,11,14H,8,10H2,1-3H3,(H,19,21)(H,23,24). The molecule has 2 aromatic rings. The number of carbonyl (C=O) groups is 3. The zero-order chi connectivity index (χ0) is 18.6. The number of rotatable bonds is 7. The molecule has 1 aromatic heterocycles. The predicted octanol–water partition coefficient (Wildman–Crippen LogP) is 1.72. The van der Waals surface area contributed by atoms with Crippen LogP contribution < -0.4 is 5.32 Å². The van der Waals surface area contributed by atoms with Gasteiger partial charge in [-0.05, 0) is 32.4 Å². The zero-order valence-corrected chi connectivity index (χ0v) is 14.5. The van der Waals surface area contributed by atoms with Crippen molar-refractivity contribution in [3.63, 3.8) is 0 Å². The van der Waals surface area contributed by atoms with Crippen LogP contribution in [0.3, 0.4) is 0 Å². The van der Waals surface area contributed by atoms with Crippen LogP contribution >= 0.6 is 0 Å². The highest BCUT2D eigenvalue weighted by atomic mass is 16.6. The van der Waals surface area contributed by atoms with E-state index in [0.717, 1.165) is 16.5 Å². The second-order valence-electron chi connectivity index (χ2n) is 6.77. The molecule has 7 heteroatoms. The molecule has 0 aliphatic heterocycles. The van der Waals surface area contributed by atoms with Gasteiger partial charge < -0.3 is 19.7 Å². The van der Waals surface area contributed by atoms with Crippen LogP contribution in [-0.4, -0.2) is 39.7 Å². The number of esters is 1. The molecule has 0 fully saturated rings. The molecule has 0 radical (unpaired) electrons. The summed E-state index contributed by atoms with van der Waals surface area (Å²) in [5, 5.41) is 12.3. The number of carbonyl (C=O) groups excluding carboxylic acids is 2. The molecule has 0 aliphatic carbocycles. The van der Waals surface area contributed by atoms with E-state index < -0.39 is 17.6 Å². The summed E-state index contributed by atoms with van der Waals surface area (Å²) in [6.45, 7) is 5.42. The van der Waals surface area contributed by atoms with Crippen LogP contribution in [0.15, 0.2) is 30.5 Å². The number of nitrogens with one attached hydrogen (secondary N) is 1. The third-order valence-corrected chi connectivity index (χ3v) is 3.58. The van der Waals surface area contributed by atoms with Crippen molar-refractivity contribution in [2.24, 2.45) is 0 Å². The minimum atomic E-state index is -1.11. The van der Waals surface area contributed by atoms with Crippen molar-refractivity contribution in [3.05, 3.63) is 36.0 Å². The fraction of sp³-hybridized carbons (Fsp3) is 0.389. The first-order valence-corrected chi connectivity index (χ1v) is 7.92. The third kappa shape index (κ3) is 4.82. The van der Waals surface area contributed by atoms with Gasteiger partial charge in [0.2, 0.25) is 6.41 Å². The Balaban J connectivity index is 2.32. The highest BCUT2D eigenvalue weighted by molar-refractivity contribution is 5.86. The largest absolute Gasteiger partial charge is 0.480 e. The highest BCUT2D eigenvalue weighted by Crippen LogP contribution is 2.23. The maximum atomic E-state index is 12.1. The zero-order valence-electron chi connectivity index (χ0n) is 14.5. The number of hydrogen-bond donors (Lipinski definition) is 2. The van der Waals surface area contributed by atoms with Crippen molar-refractivity contribution in [2.75, 3.05) is 0 Å². The van der Waals surface area contributed by atoms with E-state index in [4.69, 9.17) is 4.74 Å². The number of hydrogen-bond acceptors (Lipinski definition) is 4. The molecule has 1 atom stereocenters. The van der Waals surface area contributed by atoms with E-state index in [2.05, 4.69) is 5.32 Å². The number of amides is 1. The van der Waals surface area contributed by atoms with Gasteiger partial charge in [-0.15, -0.1) is 0 Å². The summed E-state index contributed by atoms with van der Waals surface area (Å²) >= 11 is 0. The number of para-hydroxylation sites is 1. The Morgan fingerprint density at radius 2 is 2.00 bits per heavy atom. The fourth-order valence-electron chi connectivity index (χ4n) is 2.65. The van der Waals surface area contributed by atoms with E-state index in [9.17, 15) is 19.5 Å². The van der Waals surface area contributed by atoms with Crippen molar-refractivity contribution < 1.29 is 24.2 Å². The molecule has 25 heavy (non-hydrogen) atoms. The van der Waals surface area contributed by atoms with Gasteiger partial charge in [-0.2, -0.15) is 0 Å². The molecule has 1 unspecified atom stereocenters. The van der Waals surface area contributed by atoms with Crippen LogP contribution in [0.1, 0.15) is 26.3 Å². The van der Waals surface area contributed by atoms with Crippen LogP contribution in [0.4, 0.5) is 0 Å². The molecule has 134 valence electrons. The van der Waals surface area contributed by atoms with Crippen LogP contribution in [0.5, 0.6) is 0 Å². The second kappa shape index (κ2) is 7.38. The summed E-state index contributed by atoms with van der Waals surface area (Å²) in [4.78, 5) is 34.0. The molecular formula is C18H22N2O5. The van der Waals surface area contributed by atoms with Gasteiger partial charge >= 0.3 is 11.9 Å². The van der Waals surface area contributed by atoms with Gasteiger partial charge in [-0.25, -0.2) is 4.79 Å².